The molecule has 5 heteroatoms. The van der Waals surface area contributed by atoms with Crippen molar-refractivity contribution in [3.63, 3.8) is 0 Å². The third kappa shape index (κ3) is 4.12. The van der Waals surface area contributed by atoms with Crippen LogP contribution in [-0.2, 0) is 0 Å². The number of hydrogen-bond acceptors (Lipinski definition) is 4. The van der Waals surface area contributed by atoms with E-state index in [1.807, 2.05) is 42.7 Å². The van der Waals surface area contributed by atoms with E-state index in [4.69, 9.17) is 9.47 Å². The van der Waals surface area contributed by atoms with Crippen LogP contribution < -0.4 is 9.47 Å². The fraction of sp³-hybridized carbons (Fsp3) is 0.0769. The molecule has 0 bridgehead atoms. The lowest BCUT2D eigenvalue weighted by Gasteiger charge is -2.11. The summed E-state index contributed by atoms with van der Waals surface area (Å²) in [5.41, 5.74) is 4.46. The number of carbonyl (C=O) groups excluding carboxylic acids is 1. The van der Waals surface area contributed by atoms with Crippen molar-refractivity contribution in [3.05, 3.63) is 96.2 Å². The maximum absolute atomic E-state index is 12.9. The molecule has 0 unspecified atom stereocenters. The number of nitrogens with zero attached hydrogens (tertiary/aromatic N) is 1. The monoisotopic (exact) mass is 410 g/mol. The molecule has 0 aliphatic rings. The summed E-state index contributed by atoms with van der Waals surface area (Å²) in [6, 6.07) is 20.5. The van der Waals surface area contributed by atoms with Crippen LogP contribution >= 0.6 is 0 Å². The molecule has 0 aliphatic heterocycles. The first kappa shape index (κ1) is 20.2. The number of aromatic nitrogens is 1. The van der Waals surface area contributed by atoms with E-state index in [1.54, 1.807) is 44.6 Å². The molecular weight excluding hydrogens is 388 g/mol. The van der Waals surface area contributed by atoms with E-state index in [2.05, 4.69) is 22.6 Å². The first-order chi connectivity index (χ1) is 15.1. The van der Waals surface area contributed by atoms with Gasteiger partial charge in [0.25, 0.3) is 0 Å². The lowest BCUT2D eigenvalue weighted by Crippen LogP contribution is -2.02. The second-order valence-corrected chi connectivity index (χ2v) is 6.97. The van der Waals surface area contributed by atoms with Gasteiger partial charge < -0.3 is 14.5 Å². The summed E-state index contributed by atoms with van der Waals surface area (Å²) in [7, 11) is 3.13. The summed E-state index contributed by atoms with van der Waals surface area (Å²) >= 11 is 0. The van der Waals surface area contributed by atoms with Gasteiger partial charge in [0.05, 0.1) is 19.9 Å². The largest absolute Gasteiger partial charge is 0.493 e. The molecular formula is C26H22N2O3. The van der Waals surface area contributed by atoms with Crippen molar-refractivity contribution in [1.82, 2.24) is 4.98 Å². The Labute approximate surface area is 180 Å². The minimum absolute atomic E-state index is 0.153. The number of nitrogens with one attached hydrogen (secondary N) is 1. The van der Waals surface area contributed by atoms with Gasteiger partial charge in [-0.15, -0.1) is 0 Å². The Bertz CT molecular complexity index is 1280. The Morgan fingerprint density at radius 2 is 1.65 bits per heavy atom. The van der Waals surface area contributed by atoms with Crippen molar-refractivity contribution >= 4 is 34.2 Å². The molecule has 0 saturated heterocycles. The van der Waals surface area contributed by atoms with E-state index < -0.39 is 0 Å². The SMILES string of the molecule is C=C(C(=O)c1ccc(N=Cc2c[nH]c3ccccc23)cc1)c1ccc(OC)c(OC)c1. The summed E-state index contributed by atoms with van der Waals surface area (Å²) in [5.74, 6) is 0.999. The second-order valence-electron chi connectivity index (χ2n) is 6.97. The molecule has 0 fully saturated rings. The number of ketones is 1. The zero-order chi connectivity index (χ0) is 21.8. The van der Waals surface area contributed by atoms with E-state index in [0.29, 0.717) is 28.2 Å². The Kier molecular flexibility index (Phi) is 5.67. The second kappa shape index (κ2) is 8.71. The number of carbonyl (C=O) groups is 1. The molecule has 3 aromatic carbocycles. The van der Waals surface area contributed by atoms with Gasteiger partial charge in [0.15, 0.2) is 17.3 Å². The Hall–Kier alpha value is -4.12. The number of fused-ring (bicyclic) bond motifs is 1. The van der Waals surface area contributed by atoms with Crippen LogP contribution in [0.3, 0.4) is 0 Å². The molecule has 1 aromatic heterocycles. The summed E-state index contributed by atoms with van der Waals surface area (Å²) in [6.07, 6.45) is 3.75. The Morgan fingerprint density at radius 3 is 2.39 bits per heavy atom. The molecule has 31 heavy (non-hydrogen) atoms. The van der Waals surface area contributed by atoms with E-state index in [0.717, 1.165) is 22.2 Å². The van der Waals surface area contributed by atoms with Crippen LogP contribution in [0, 0.1) is 0 Å². The zero-order valence-corrected chi connectivity index (χ0v) is 17.4. The third-order valence-electron chi connectivity index (χ3n) is 5.11. The molecule has 4 rings (SSSR count). The van der Waals surface area contributed by atoms with E-state index in [1.165, 1.54) is 0 Å². The van der Waals surface area contributed by atoms with E-state index in [-0.39, 0.29) is 5.78 Å². The highest BCUT2D eigenvalue weighted by molar-refractivity contribution is 6.28. The van der Waals surface area contributed by atoms with Crippen molar-refractivity contribution in [1.29, 1.82) is 0 Å². The highest BCUT2D eigenvalue weighted by Gasteiger charge is 2.14. The molecule has 0 spiro atoms. The first-order valence-electron chi connectivity index (χ1n) is 9.77. The number of aromatic amines is 1. The molecule has 5 nitrogen and oxygen atoms in total. The molecule has 154 valence electrons. The van der Waals surface area contributed by atoms with Gasteiger partial charge in [-0.25, -0.2) is 0 Å². The number of allylic oxidation sites excluding steroid dienone is 1. The van der Waals surface area contributed by atoms with Crippen LogP contribution in [0.25, 0.3) is 16.5 Å². The number of Topliss-reactive ketones (excluding diaryl/α,β-unsaturated/α-hetero) is 1. The molecule has 0 radical (unpaired) electrons. The van der Waals surface area contributed by atoms with Gasteiger partial charge in [-0.3, -0.25) is 9.79 Å². The Balaban J connectivity index is 1.51. The number of para-hydroxylation sites is 1. The zero-order valence-electron chi connectivity index (χ0n) is 17.4. The van der Waals surface area contributed by atoms with Gasteiger partial charge >= 0.3 is 0 Å². The van der Waals surface area contributed by atoms with Gasteiger partial charge in [-0.2, -0.15) is 0 Å². The van der Waals surface area contributed by atoms with Gasteiger partial charge in [0.2, 0.25) is 0 Å². The number of hydrogen-bond donors (Lipinski definition) is 1. The topological polar surface area (TPSA) is 63.7 Å². The van der Waals surface area contributed by atoms with Crippen molar-refractivity contribution in [2.75, 3.05) is 14.2 Å². The first-order valence-corrected chi connectivity index (χ1v) is 9.77. The van der Waals surface area contributed by atoms with Crippen LogP contribution in [0.2, 0.25) is 0 Å². The molecule has 0 atom stereocenters. The van der Waals surface area contributed by atoms with Crippen LogP contribution in [0.5, 0.6) is 11.5 Å². The quantitative estimate of drug-likeness (QED) is 0.237. The van der Waals surface area contributed by atoms with Crippen LogP contribution in [0.1, 0.15) is 21.5 Å². The molecule has 1 N–H and O–H groups in total. The fourth-order valence-electron chi connectivity index (χ4n) is 3.37. The number of benzene rings is 3. The summed E-state index contributed by atoms with van der Waals surface area (Å²) in [5, 5.41) is 1.12. The van der Waals surface area contributed by atoms with Crippen LogP contribution in [-0.4, -0.2) is 31.2 Å². The fourth-order valence-corrected chi connectivity index (χ4v) is 3.37. The van der Waals surface area contributed by atoms with Gasteiger partial charge in [0, 0.05) is 40.0 Å². The van der Waals surface area contributed by atoms with E-state index >= 15 is 0 Å². The van der Waals surface area contributed by atoms with Crippen molar-refractivity contribution in [2.24, 2.45) is 4.99 Å². The number of ether oxygens (including phenoxy) is 2. The van der Waals surface area contributed by atoms with E-state index in [9.17, 15) is 4.79 Å². The average molecular weight is 410 g/mol. The van der Waals surface area contributed by atoms with Crippen LogP contribution in [0.4, 0.5) is 5.69 Å². The van der Waals surface area contributed by atoms with Crippen molar-refractivity contribution in [3.8, 4) is 11.5 Å². The summed E-state index contributed by atoms with van der Waals surface area (Å²) in [6.45, 7) is 3.97. The molecule has 0 aliphatic carbocycles. The Morgan fingerprint density at radius 1 is 0.935 bits per heavy atom. The summed E-state index contributed by atoms with van der Waals surface area (Å²) in [4.78, 5) is 20.7. The van der Waals surface area contributed by atoms with Crippen molar-refractivity contribution in [2.45, 2.75) is 0 Å². The predicted molar refractivity (Wildman–Crippen MR) is 125 cm³/mol. The lowest BCUT2D eigenvalue weighted by atomic mass is 9.98. The summed E-state index contributed by atoms with van der Waals surface area (Å²) < 4.78 is 10.6. The third-order valence-corrected chi connectivity index (χ3v) is 5.11. The van der Waals surface area contributed by atoms with Crippen molar-refractivity contribution < 1.29 is 14.3 Å². The lowest BCUT2D eigenvalue weighted by molar-refractivity contribution is 0.105. The highest BCUT2D eigenvalue weighted by Crippen LogP contribution is 2.31. The van der Waals surface area contributed by atoms with Crippen LogP contribution in [0.15, 0.2) is 84.5 Å². The highest BCUT2D eigenvalue weighted by atomic mass is 16.5. The smallest absolute Gasteiger partial charge is 0.193 e. The number of H-pyrrole nitrogens is 1. The standard InChI is InChI=1S/C26H22N2O3/c1-17(19-10-13-24(30-2)25(14-19)31-3)26(29)18-8-11-21(12-9-18)27-15-20-16-28-23-7-5-4-6-22(20)23/h4-16,28H,1H2,2-3H3. The van der Waals surface area contributed by atoms with Gasteiger partial charge in [0.1, 0.15) is 0 Å². The average Bonchev–Trinajstić information content (AvgIpc) is 3.24. The molecule has 1 heterocycles. The maximum atomic E-state index is 12.9. The normalized spacial score (nSPS) is 11.0. The van der Waals surface area contributed by atoms with Gasteiger partial charge in [-0.1, -0.05) is 30.8 Å². The number of rotatable bonds is 7. The molecule has 0 amide bonds. The minimum Gasteiger partial charge on any atom is -0.493 e. The van der Waals surface area contributed by atoms with Gasteiger partial charge in [-0.05, 0) is 48.0 Å². The molecule has 0 saturated carbocycles. The number of aliphatic imine (C=N–C) groups is 1. The predicted octanol–water partition coefficient (Wildman–Crippen LogP) is 5.83. The molecule has 4 aromatic rings. The number of methoxy groups -OCH3 is 2. The maximum Gasteiger partial charge on any atom is 0.193 e. The minimum atomic E-state index is -0.153.